The van der Waals surface area contributed by atoms with E-state index in [1.165, 1.54) is 0 Å². The van der Waals surface area contributed by atoms with E-state index in [0.717, 1.165) is 29.9 Å². The van der Waals surface area contributed by atoms with Gasteiger partial charge in [0.2, 0.25) is 5.89 Å². The summed E-state index contributed by atoms with van der Waals surface area (Å²) in [4.78, 5) is 16.5. The van der Waals surface area contributed by atoms with Crippen LogP contribution >= 0.6 is 0 Å². The van der Waals surface area contributed by atoms with E-state index in [9.17, 15) is 4.79 Å². The van der Waals surface area contributed by atoms with Crippen molar-refractivity contribution in [2.75, 3.05) is 5.32 Å². The molecule has 1 fully saturated rings. The molecule has 23 heavy (non-hydrogen) atoms. The Hall–Kier alpha value is -2.37. The van der Waals surface area contributed by atoms with Crippen LogP contribution in [-0.4, -0.2) is 21.7 Å². The average Bonchev–Trinajstić information content (AvgIpc) is 3.19. The molecule has 0 bridgehead atoms. The predicted molar refractivity (Wildman–Crippen MR) is 87.4 cm³/mol. The first-order valence-corrected chi connectivity index (χ1v) is 7.90. The highest BCUT2D eigenvalue weighted by Gasteiger charge is 2.28. The van der Waals surface area contributed by atoms with E-state index in [0.29, 0.717) is 18.2 Å². The van der Waals surface area contributed by atoms with Crippen LogP contribution in [0.3, 0.4) is 0 Å². The van der Waals surface area contributed by atoms with Gasteiger partial charge in [-0.1, -0.05) is 23.4 Å². The van der Waals surface area contributed by atoms with Crippen LogP contribution in [0.4, 0.5) is 10.5 Å². The first-order valence-electron chi connectivity index (χ1n) is 7.90. The van der Waals surface area contributed by atoms with E-state index in [1.54, 1.807) is 0 Å². The fourth-order valence-electron chi connectivity index (χ4n) is 2.30. The quantitative estimate of drug-likeness (QED) is 0.905. The van der Waals surface area contributed by atoms with Crippen LogP contribution in [0.15, 0.2) is 28.8 Å². The molecule has 0 atom stereocenters. The minimum atomic E-state index is -0.287. The number of benzene rings is 1. The molecule has 0 aliphatic heterocycles. The van der Waals surface area contributed by atoms with Gasteiger partial charge in [0.25, 0.3) is 0 Å². The molecular weight excluding hydrogens is 292 g/mol. The third-order valence-corrected chi connectivity index (χ3v) is 3.52. The molecule has 2 aromatic rings. The summed E-state index contributed by atoms with van der Waals surface area (Å²) >= 11 is 0. The Morgan fingerprint density at radius 1 is 1.30 bits per heavy atom. The topological polar surface area (TPSA) is 80.0 Å². The molecule has 1 saturated carbocycles. The highest BCUT2D eigenvalue weighted by Crippen LogP contribution is 2.38. The molecule has 2 amide bonds. The van der Waals surface area contributed by atoms with Crippen LogP contribution in [-0.2, 0) is 6.42 Å². The zero-order valence-electron chi connectivity index (χ0n) is 13.7. The maximum absolute atomic E-state index is 12.1. The molecule has 0 unspecified atom stereocenters. The molecule has 6 nitrogen and oxygen atoms in total. The van der Waals surface area contributed by atoms with Crippen LogP contribution in [0.1, 0.15) is 56.8 Å². The van der Waals surface area contributed by atoms with Gasteiger partial charge in [0.1, 0.15) is 0 Å². The number of para-hydroxylation sites is 1. The number of carbonyl (C=O) groups excluding carboxylic acids is 1. The SMILES string of the molecule is CC(C)(C)NC(=O)Nc1ccccc1Cc1nc(C2CC2)no1. The van der Waals surface area contributed by atoms with Gasteiger partial charge in [-0.15, -0.1) is 0 Å². The molecule has 0 radical (unpaired) electrons. The third kappa shape index (κ3) is 4.31. The number of nitrogens with zero attached hydrogens (tertiary/aromatic N) is 2. The third-order valence-electron chi connectivity index (χ3n) is 3.52. The lowest BCUT2D eigenvalue weighted by Gasteiger charge is -2.21. The Balaban J connectivity index is 1.70. The van der Waals surface area contributed by atoms with E-state index in [-0.39, 0.29) is 11.6 Å². The van der Waals surface area contributed by atoms with E-state index in [2.05, 4.69) is 20.8 Å². The molecule has 122 valence electrons. The number of carbonyl (C=O) groups is 1. The van der Waals surface area contributed by atoms with Crippen LogP contribution < -0.4 is 10.6 Å². The van der Waals surface area contributed by atoms with Crippen LogP contribution in [0, 0.1) is 0 Å². The van der Waals surface area contributed by atoms with Gasteiger partial charge < -0.3 is 15.2 Å². The van der Waals surface area contributed by atoms with Gasteiger partial charge in [0, 0.05) is 17.1 Å². The molecular formula is C17H22N4O2. The zero-order chi connectivity index (χ0) is 16.4. The van der Waals surface area contributed by atoms with Crippen molar-refractivity contribution in [3.8, 4) is 0 Å². The molecule has 0 spiro atoms. The largest absolute Gasteiger partial charge is 0.339 e. The second-order valence-electron chi connectivity index (χ2n) is 6.98. The number of hydrogen-bond donors (Lipinski definition) is 2. The normalized spacial score (nSPS) is 14.6. The summed E-state index contributed by atoms with van der Waals surface area (Å²) in [5.74, 6) is 1.85. The van der Waals surface area contributed by atoms with E-state index >= 15 is 0 Å². The standard InChI is InChI=1S/C17H22N4O2/c1-17(2,3)20-16(22)18-13-7-5-4-6-12(13)10-14-19-15(21-23-14)11-8-9-11/h4-7,11H,8-10H2,1-3H3,(H2,18,20,22). The molecule has 1 heterocycles. The van der Waals surface area contributed by atoms with Crippen molar-refractivity contribution in [2.45, 2.75) is 51.5 Å². The van der Waals surface area contributed by atoms with E-state index < -0.39 is 0 Å². The summed E-state index contributed by atoms with van der Waals surface area (Å²) in [6.45, 7) is 5.82. The summed E-state index contributed by atoms with van der Waals surface area (Å²) < 4.78 is 5.32. The first-order chi connectivity index (χ1) is 10.9. The Morgan fingerprint density at radius 3 is 2.74 bits per heavy atom. The fourth-order valence-corrected chi connectivity index (χ4v) is 2.30. The predicted octanol–water partition coefficient (Wildman–Crippen LogP) is 3.46. The van der Waals surface area contributed by atoms with Crippen molar-refractivity contribution >= 4 is 11.7 Å². The minimum Gasteiger partial charge on any atom is -0.339 e. The number of hydrogen-bond acceptors (Lipinski definition) is 4. The second-order valence-corrected chi connectivity index (χ2v) is 6.98. The second kappa shape index (κ2) is 6.02. The minimum absolute atomic E-state index is 0.228. The van der Waals surface area contributed by atoms with Crippen molar-refractivity contribution in [1.82, 2.24) is 15.5 Å². The van der Waals surface area contributed by atoms with Gasteiger partial charge in [-0.05, 0) is 45.2 Å². The summed E-state index contributed by atoms with van der Waals surface area (Å²) in [5, 5.41) is 9.80. The van der Waals surface area contributed by atoms with E-state index in [1.807, 2.05) is 45.0 Å². The van der Waals surface area contributed by atoms with Crippen molar-refractivity contribution in [2.24, 2.45) is 0 Å². The highest BCUT2D eigenvalue weighted by atomic mass is 16.5. The lowest BCUT2D eigenvalue weighted by molar-refractivity contribution is 0.244. The van der Waals surface area contributed by atoms with Crippen molar-refractivity contribution in [3.05, 3.63) is 41.5 Å². The molecule has 2 N–H and O–H groups in total. The Bertz CT molecular complexity index is 699. The monoisotopic (exact) mass is 314 g/mol. The number of urea groups is 1. The number of rotatable bonds is 4. The van der Waals surface area contributed by atoms with Crippen LogP contribution in [0.2, 0.25) is 0 Å². The number of aromatic nitrogens is 2. The summed E-state index contributed by atoms with van der Waals surface area (Å²) in [6, 6.07) is 7.41. The summed E-state index contributed by atoms with van der Waals surface area (Å²) in [5.41, 5.74) is 1.41. The van der Waals surface area contributed by atoms with Gasteiger partial charge in [-0.25, -0.2) is 4.79 Å². The number of amides is 2. The van der Waals surface area contributed by atoms with Gasteiger partial charge in [0.15, 0.2) is 5.82 Å². The van der Waals surface area contributed by atoms with Gasteiger partial charge in [0.05, 0.1) is 6.42 Å². The summed E-state index contributed by atoms with van der Waals surface area (Å²) in [6.07, 6.45) is 2.79. The van der Waals surface area contributed by atoms with Crippen molar-refractivity contribution in [3.63, 3.8) is 0 Å². The van der Waals surface area contributed by atoms with Crippen LogP contribution in [0.5, 0.6) is 0 Å². The maximum atomic E-state index is 12.1. The first kappa shape index (κ1) is 15.5. The molecule has 1 aromatic carbocycles. The Morgan fingerprint density at radius 2 is 2.04 bits per heavy atom. The van der Waals surface area contributed by atoms with Gasteiger partial charge >= 0.3 is 6.03 Å². The average molecular weight is 314 g/mol. The molecule has 1 aromatic heterocycles. The van der Waals surface area contributed by atoms with Crippen molar-refractivity contribution < 1.29 is 9.32 Å². The fraction of sp³-hybridized carbons (Fsp3) is 0.471. The number of nitrogens with one attached hydrogen (secondary N) is 2. The van der Waals surface area contributed by atoms with Gasteiger partial charge in [-0.3, -0.25) is 0 Å². The lowest BCUT2D eigenvalue weighted by Crippen LogP contribution is -2.43. The maximum Gasteiger partial charge on any atom is 0.319 e. The molecule has 0 saturated heterocycles. The highest BCUT2D eigenvalue weighted by molar-refractivity contribution is 5.90. The lowest BCUT2D eigenvalue weighted by atomic mass is 10.1. The smallest absolute Gasteiger partial charge is 0.319 e. The molecule has 1 aliphatic rings. The van der Waals surface area contributed by atoms with Gasteiger partial charge in [-0.2, -0.15) is 4.98 Å². The number of anilines is 1. The van der Waals surface area contributed by atoms with Crippen molar-refractivity contribution in [1.29, 1.82) is 0 Å². The Labute approximate surface area is 135 Å². The van der Waals surface area contributed by atoms with E-state index in [4.69, 9.17) is 4.52 Å². The van der Waals surface area contributed by atoms with Crippen LogP contribution in [0.25, 0.3) is 0 Å². The summed E-state index contributed by atoms with van der Waals surface area (Å²) in [7, 11) is 0. The molecule has 3 rings (SSSR count). The Kier molecular flexibility index (Phi) is 4.07. The molecule has 1 aliphatic carbocycles. The zero-order valence-corrected chi connectivity index (χ0v) is 13.7. The molecule has 6 heteroatoms.